The van der Waals surface area contributed by atoms with E-state index < -0.39 is 0 Å². The van der Waals surface area contributed by atoms with E-state index in [0.29, 0.717) is 11.9 Å². The number of nitrogens with zero attached hydrogens (tertiary/aromatic N) is 1. The second-order valence-electron chi connectivity index (χ2n) is 3.80. The summed E-state index contributed by atoms with van der Waals surface area (Å²) in [5.41, 5.74) is 1.38. The van der Waals surface area contributed by atoms with Gasteiger partial charge in [-0.25, -0.2) is 0 Å². The van der Waals surface area contributed by atoms with Crippen molar-refractivity contribution in [3.63, 3.8) is 0 Å². The van der Waals surface area contributed by atoms with Crippen LogP contribution in [0.1, 0.15) is 33.1 Å². The lowest BCUT2D eigenvalue weighted by Crippen LogP contribution is -2.25. The van der Waals surface area contributed by atoms with Gasteiger partial charge in [0.05, 0.1) is 0 Å². The number of allylic oxidation sites excluding steroid dienone is 1. The van der Waals surface area contributed by atoms with Gasteiger partial charge in [0.15, 0.2) is 0 Å². The molecule has 0 heterocycles. The van der Waals surface area contributed by atoms with Crippen molar-refractivity contribution in [2.24, 2.45) is 0 Å². The Labute approximate surface area is 87.8 Å². The van der Waals surface area contributed by atoms with Gasteiger partial charge in [-0.05, 0) is 33.9 Å². The van der Waals surface area contributed by atoms with E-state index in [1.165, 1.54) is 12.0 Å². The van der Waals surface area contributed by atoms with Crippen LogP contribution in [0, 0.1) is 0 Å². The van der Waals surface area contributed by atoms with E-state index in [-0.39, 0.29) is 0 Å². The highest BCUT2D eigenvalue weighted by Gasteiger charge is 2.06. The molecular formula is C11H22ClN. The summed E-state index contributed by atoms with van der Waals surface area (Å²) in [6, 6.07) is 0.585. The van der Waals surface area contributed by atoms with E-state index >= 15 is 0 Å². The van der Waals surface area contributed by atoms with Crippen molar-refractivity contribution in [3.8, 4) is 0 Å². The smallest absolute Gasteiger partial charge is 0.0434 e. The monoisotopic (exact) mass is 203 g/mol. The molecule has 0 aromatic carbocycles. The molecule has 13 heavy (non-hydrogen) atoms. The lowest BCUT2D eigenvalue weighted by molar-refractivity contribution is 0.312. The topological polar surface area (TPSA) is 3.24 Å². The van der Waals surface area contributed by atoms with Crippen LogP contribution in [0.4, 0.5) is 0 Å². The molecule has 1 unspecified atom stereocenters. The van der Waals surface area contributed by atoms with Gasteiger partial charge in [0, 0.05) is 11.9 Å². The quantitative estimate of drug-likeness (QED) is 0.473. The van der Waals surface area contributed by atoms with Crippen molar-refractivity contribution < 1.29 is 0 Å². The Balaban J connectivity index is 3.96. The molecule has 78 valence electrons. The highest BCUT2D eigenvalue weighted by molar-refractivity contribution is 6.19. The molecule has 0 fully saturated rings. The lowest BCUT2D eigenvalue weighted by Gasteiger charge is -2.20. The van der Waals surface area contributed by atoms with Gasteiger partial charge in [-0.3, -0.25) is 0 Å². The zero-order chi connectivity index (χ0) is 10.3. The van der Waals surface area contributed by atoms with E-state index in [4.69, 9.17) is 11.6 Å². The fraction of sp³-hybridized carbons (Fsp3) is 0.818. The first-order chi connectivity index (χ1) is 6.11. The maximum absolute atomic E-state index is 5.87. The number of rotatable bonds is 6. The van der Waals surface area contributed by atoms with Gasteiger partial charge < -0.3 is 4.90 Å². The highest BCUT2D eigenvalue weighted by Crippen LogP contribution is 2.12. The summed E-state index contributed by atoms with van der Waals surface area (Å²) in [4.78, 5) is 2.23. The summed E-state index contributed by atoms with van der Waals surface area (Å²) in [6.07, 6.45) is 5.74. The summed E-state index contributed by atoms with van der Waals surface area (Å²) in [5, 5.41) is 0. The SMILES string of the molecule is CCC/C=C(/CCl)CC(C)N(C)C. The zero-order valence-corrected chi connectivity index (χ0v) is 10.1. The summed E-state index contributed by atoms with van der Waals surface area (Å²) >= 11 is 5.87. The van der Waals surface area contributed by atoms with Crippen molar-refractivity contribution in [1.29, 1.82) is 0 Å². The average molecular weight is 204 g/mol. The van der Waals surface area contributed by atoms with E-state index in [2.05, 4.69) is 38.9 Å². The van der Waals surface area contributed by atoms with Gasteiger partial charge in [0.2, 0.25) is 0 Å². The molecule has 0 aliphatic carbocycles. The third-order valence-corrected chi connectivity index (χ3v) is 2.68. The number of alkyl halides is 1. The molecule has 1 atom stereocenters. The fourth-order valence-electron chi connectivity index (χ4n) is 1.10. The van der Waals surface area contributed by atoms with Gasteiger partial charge in [-0.2, -0.15) is 0 Å². The first-order valence-electron chi connectivity index (χ1n) is 5.02. The van der Waals surface area contributed by atoms with Crippen LogP contribution >= 0.6 is 11.6 Å². The van der Waals surface area contributed by atoms with Crippen LogP contribution in [0.3, 0.4) is 0 Å². The molecular weight excluding hydrogens is 182 g/mol. The first kappa shape index (κ1) is 13.0. The summed E-state index contributed by atoms with van der Waals surface area (Å²) in [5.74, 6) is 0.679. The van der Waals surface area contributed by atoms with Crippen LogP contribution in [0.5, 0.6) is 0 Å². The molecule has 2 heteroatoms. The minimum atomic E-state index is 0.585. The molecule has 0 bridgehead atoms. The first-order valence-corrected chi connectivity index (χ1v) is 5.55. The summed E-state index contributed by atoms with van der Waals surface area (Å²) < 4.78 is 0. The van der Waals surface area contributed by atoms with Crippen LogP contribution in [0.15, 0.2) is 11.6 Å². The minimum absolute atomic E-state index is 0.585. The van der Waals surface area contributed by atoms with E-state index in [1.807, 2.05) is 0 Å². The predicted octanol–water partition coefficient (Wildman–Crippen LogP) is 3.29. The molecule has 1 nitrogen and oxygen atoms in total. The van der Waals surface area contributed by atoms with E-state index in [9.17, 15) is 0 Å². The molecule has 0 aliphatic heterocycles. The molecule has 0 spiro atoms. The molecule has 0 amide bonds. The largest absolute Gasteiger partial charge is 0.306 e. The Kier molecular flexibility index (Phi) is 7.39. The van der Waals surface area contributed by atoms with Gasteiger partial charge >= 0.3 is 0 Å². The second-order valence-corrected chi connectivity index (χ2v) is 4.07. The summed E-state index contributed by atoms with van der Waals surface area (Å²) in [6.45, 7) is 4.42. The average Bonchev–Trinajstić information content (AvgIpc) is 2.11. The number of unbranched alkanes of at least 4 members (excludes halogenated alkanes) is 1. The maximum atomic E-state index is 5.87. The van der Waals surface area contributed by atoms with E-state index in [1.54, 1.807) is 0 Å². The fourth-order valence-corrected chi connectivity index (χ4v) is 1.32. The van der Waals surface area contributed by atoms with E-state index in [0.717, 1.165) is 12.8 Å². The van der Waals surface area contributed by atoms with Crippen LogP contribution < -0.4 is 0 Å². The third kappa shape index (κ3) is 6.11. The molecule has 0 rings (SSSR count). The second kappa shape index (κ2) is 7.40. The van der Waals surface area contributed by atoms with Gasteiger partial charge in [-0.1, -0.05) is 25.0 Å². The van der Waals surface area contributed by atoms with Gasteiger partial charge in [0.1, 0.15) is 0 Å². The van der Waals surface area contributed by atoms with Crippen molar-refractivity contribution in [2.75, 3.05) is 20.0 Å². The third-order valence-electron chi connectivity index (χ3n) is 2.33. The Bertz CT molecular complexity index is 152. The lowest BCUT2D eigenvalue weighted by atomic mass is 10.1. The number of hydrogen-bond donors (Lipinski definition) is 0. The van der Waals surface area contributed by atoms with Crippen LogP contribution in [0.25, 0.3) is 0 Å². The number of halogens is 1. The maximum Gasteiger partial charge on any atom is 0.0434 e. The van der Waals surface area contributed by atoms with Crippen LogP contribution in [-0.2, 0) is 0 Å². The molecule has 0 saturated carbocycles. The zero-order valence-electron chi connectivity index (χ0n) is 9.31. The van der Waals surface area contributed by atoms with Crippen molar-refractivity contribution in [2.45, 2.75) is 39.2 Å². The van der Waals surface area contributed by atoms with Crippen LogP contribution in [-0.4, -0.2) is 30.9 Å². The minimum Gasteiger partial charge on any atom is -0.306 e. The highest BCUT2D eigenvalue weighted by atomic mass is 35.5. The Hall–Kier alpha value is -0.0100. The standard InChI is InChI=1S/C11H22ClN/c1-5-6-7-11(9-12)8-10(2)13(3)4/h7,10H,5-6,8-9H2,1-4H3/b11-7+. The van der Waals surface area contributed by atoms with Crippen molar-refractivity contribution in [3.05, 3.63) is 11.6 Å². The molecule has 0 aromatic rings. The number of hydrogen-bond acceptors (Lipinski definition) is 1. The van der Waals surface area contributed by atoms with Gasteiger partial charge in [0.25, 0.3) is 0 Å². The Morgan fingerprint density at radius 3 is 2.46 bits per heavy atom. The summed E-state index contributed by atoms with van der Waals surface area (Å²) in [7, 11) is 4.21. The van der Waals surface area contributed by atoms with Crippen LogP contribution in [0.2, 0.25) is 0 Å². The van der Waals surface area contributed by atoms with Crippen molar-refractivity contribution in [1.82, 2.24) is 4.90 Å². The molecule has 0 aliphatic rings. The molecule has 0 aromatic heterocycles. The normalized spacial score (nSPS) is 15.1. The predicted molar refractivity (Wildman–Crippen MR) is 61.5 cm³/mol. The molecule has 0 saturated heterocycles. The van der Waals surface area contributed by atoms with Crippen molar-refractivity contribution >= 4 is 11.6 Å². The molecule has 0 radical (unpaired) electrons. The molecule has 0 N–H and O–H groups in total. The van der Waals surface area contributed by atoms with Gasteiger partial charge in [-0.15, -0.1) is 11.6 Å². The Morgan fingerprint density at radius 1 is 1.46 bits per heavy atom. The Morgan fingerprint density at radius 2 is 2.08 bits per heavy atom.